The van der Waals surface area contributed by atoms with Crippen LogP contribution in [0.25, 0.3) is 0 Å². The Kier molecular flexibility index (Phi) is 5.76. The zero-order valence-corrected chi connectivity index (χ0v) is 14.3. The van der Waals surface area contributed by atoms with Crippen molar-refractivity contribution in [3.63, 3.8) is 0 Å². The third-order valence-electron chi connectivity index (χ3n) is 2.36. The Labute approximate surface area is 144 Å². The van der Waals surface area contributed by atoms with E-state index in [-0.39, 0.29) is 17.4 Å². The van der Waals surface area contributed by atoms with Gasteiger partial charge in [0.2, 0.25) is 0 Å². The van der Waals surface area contributed by atoms with E-state index in [1.54, 1.807) is 24.3 Å². The average molecular weight is 410 g/mol. The number of carbonyl (C=O) groups excluding carboxylic acids is 1. The molecule has 0 radical (unpaired) electrons. The van der Waals surface area contributed by atoms with Gasteiger partial charge in [0.15, 0.2) is 6.61 Å². The van der Waals surface area contributed by atoms with Crippen molar-refractivity contribution >= 4 is 56.7 Å². The molecule has 0 bridgehead atoms. The molecule has 0 atom stereocenters. The fourth-order valence-corrected chi connectivity index (χ4v) is 2.61. The topological polar surface area (TPSA) is 35.5 Å². The fourth-order valence-electron chi connectivity index (χ4n) is 1.44. The minimum atomic E-state index is -0.599. The Morgan fingerprint density at radius 3 is 2.33 bits per heavy atom. The van der Waals surface area contributed by atoms with Gasteiger partial charge < -0.3 is 9.47 Å². The van der Waals surface area contributed by atoms with Crippen LogP contribution in [0.15, 0.2) is 40.9 Å². The van der Waals surface area contributed by atoms with Crippen LogP contribution in [0.3, 0.4) is 0 Å². The summed E-state index contributed by atoms with van der Waals surface area (Å²) in [5.41, 5.74) is 0. The highest BCUT2D eigenvalue weighted by Crippen LogP contribution is 2.29. The molecule has 3 nitrogen and oxygen atoms in total. The van der Waals surface area contributed by atoms with E-state index in [0.717, 1.165) is 4.47 Å². The van der Waals surface area contributed by atoms with Gasteiger partial charge in [-0.1, -0.05) is 50.7 Å². The number of hydrogen-bond acceptors (Lipinski definition) is 3. The van der Waals surface area contributed by atoms with Gasteiger partial charge in [0.1, 0.15) is 11.5 Å². The van der Waals surface area contributed by atoms with Crippen LogP contribution in [0.5, 0.6) is 11.5 Å². The summed E-state index contributed by atoms with van der Waals surface area (Å²) < 4.78 is 11.2. The molecule has 0 fully saturated rings. The molecule has 0 aliphatic heterocycles. The van der Waals surface area contributed by atoms with Gasteiger partial charge in [-0.2, -0.15) is 0 Å². The summed E-state index contributed by atoms with van der Waals surface area (Å²) in [6.45, 7) is -0.291. The lowest BCUT2D eigenvalue weighted by atomic mass is 10.3. The van der Waals surface area contributed by atoms with Crippen molar-refractivity contribution in [2.45, 2.75) is 0 Å². The molecule has 0 aliphatic rings. The molecule has 2 aromatic rings. The first kappa shape index (κ1) is 16.4. The molecule has 2 aromatic carbocycles. The molecule has 0 amide bonds. The minimum absolute atomic E-state index is 0.219. The van der Waals surface area contributed by atoms with Crippen molar-refractivity contribution in [3.05, 3.63) is 55.9 Å². The zero-order valence-electron chi connectivity index (χ0n) is 10.4. The molecule has 0 saturated carbocycles. The van der Waals surface area contributed by atoms with Crippen LogP contribution in [-0.2, 0) is 4.79 Å². The molecule has 0 aliphatic carbocycles. The molecule has 110 valence electrons. The first-order valence-corrected chi connectivity index (χ1v) is 7.62. The number of hydrogen-bond donors (Lipinski definition) is 0. The van der Waals surface area contributed by atoms with Crippen LogP contribution in [0.1, 0.15) is 0 Å². The van der Waals surface area contributed by atoms with Gasteiger partial charge in [-0.3, -0.25) is 0 Å². The highest BCUT2D eigenvalue weighted by Gasteiger charge is 2.11. The molecule has 7 heteroatoms. The van der Waals surface area contributed by atoms with Gasteiger partial charge in [-0.05, 0) is 36.4 Å². The van der Waals surface area contributed by atoms with Crippen LogP contribution < -0.4 is 9.47 Å². The minimum Gasteiger partial charge on any atom is -0.480 e. The summed E-state index contributed by atoms with van der Waals surface area (Å²) in [4.78, 5) is 11.7. The Morgan fingerprint density at radius 1 is 1.00 bits per heavy atom. The van der Waals surface area contributed by atoms with Gasteiger partial charge in [0, 0.05) is 9.50 Å². The van der Waals surface area contributed by atoms with E-state index >= 15 is 0 Å². The smallest absolute Gasteiger partial charge is 0.349 e. The molecule has 2 rings (SSSR count). The Hall–Kier alpha value is -0.940. The van der Waals surface area contributed by atoms with Crippen molar-refractivity contribution in [1.29, 1.82) is 0 Å². The van der Waals surface area contributed by atoms with Crippen LogP contribution >= 0.6 is 50.7 Å². The second kappa shape index (κ2) is 7.36. The monoisotopic (exact) mass is 408 g/mol. The molecule has 21 heavy (non-hydrogen) atoms. The average Bonchev–Trinajstić information content (AvgIpc) is 2.41. The van der Waals surface area contributed by atoms with Crippen LogP contribution in [0, 0.1) is 0 Å². The molecular weight excluding hydrogens is 402 g/mol. The Morgan fingerprint density at radius 2 is 1.67 bits per heavy atom. The first-order valence-electron chi connectivity index (χ1n) is 5.69. The number of rotatable bonds is 4. The highest BCUT2D eigenvalue weighted by atomic mass is 79.9. The molecular formula is C14H8BrCl3O3. The van der Waals surface area contributed by atoms with Crippen molar-refractivity contribution in [1.82, 2.24) is 0 Å². The Bertz CT molecular complexity index is 677. The summed E-state index contributed by atoms with van der Waals surface area (Å²) >= 11 is 20.9. The van der Waals surface area contributed by atoms with Crippen molar-refractivity contribution < 1.29 is 14.3 Å². The predicted molar refractivity (Wildman–Crippen MR) is 86.7 cm³/mol. The molecule has 0 unspecified atom stereocenters. The van der Waals surface area contributed by atoms with Gasteiger partial charge >= 0.3 is 5.97 Å². The molecule has 0 heterocycles. The summed E-state index contributed by atoms with van der Waals surface area (Å²) in [6, 6.07) is 9.63. The van der Waals surface area contributed by atoms with E-state index in [4.69, 9.17) is 44.3 Å². The maximum Gasteiger partial charge on any atom is 0.349 e. The molecule has 0 N–H and O–H groups in total. The standard InChI is InChI=1S/C14H8BrCl3O3/c15-8-1-3-12(10(17)5-8)20-7-14(19)21-13-4-2-9(16)6-11(13)18/h1-6H,7H2. The highest BCUT2D eigenvalue weighted by molar-refractivity contribution is 9.10. The summed E-state index contributed by atoms with van der Waals surface area (Å²) in [5.74, 6) is 0.00815. The molecule has 0 saturated heterocycles. The number of ether oxygens (including phenoxy) is 2. The third kappa shape index (κ3) is 4.78. The fraction of sp³-hybridized carbons (Fsp3) is 0.0714. The third-order valence-corrected chi connectivity index (χ3v) is 3.68. The van der Waals surface area contributed by atoms with E-state index < -0.39 is 5.97 Å². The number of benzene rings is 2. The molecule has 0 aromatic heterocycles. The Balaban J connectivity index is 1.96. The predicted octanol–water partition coefficient (Wildman–Crippen LogP) is 5.39. The second-order valence-electron chi connectivity index (χ2n) is 3.91. The summed E-state index contributed by atoms with van der Waals surface area (Å²) in [7, 11) is 0. The van der Waals surface area contributed by atoms with Gasteiger partial charge in [-0.15, -0.1) is 0 Å². The van der Waals surface area contributed by atoms with Crippen LogP contribution in [0.2, 0.25) is 15.1 Å². The largest absolute Gasteiger partial charge is 0.480 e. The van der Waals surface area contributed by atoms with E-state index in [2.05, 4.69) is 15.9 Å². The summed E-state index contributed by atoms with van der Waals surface area (Å²) in [5, 5.41) is 1.09. The van der Waals surface area contributed by atoms with E-state index in [1.165, 1.54) is 12.1 Å². The summed E-state index contributed by atoms with van der Waals surface area (Å²) in [6.07, 6.45) is 0. The van der Waals surface area contributed by atoms with Gasteiger partial charge in [0.25, 0.3) is 0 Å². The van der Waals surface area contributed by atoms with Crippen LogP contribution in [-0.4, -0.2) is 12.6 Å². The van der Waals surface area contributed by atoms with E-state index in [1.807, 2.05) is 0 Å². The lowest BCUT2D eigenvalue weighted by Crippen LogP contribution is -2.18. The van der Waals surface area contributed by atoms with Crippen molar-refractivity contribution in [2.75, 3.05) is 6.61 Å². The van der Waals surface area contributed by atoms with Gasteiger partial charge in [0.05, 0.1) is 10.0 Å². The zero-order chi connectivity index (χ0) is 15.4. The lowest BCUT2D eigenvalue weighted by Gasteiger charge is -2.09. The van der Waals surface area contributed by atoms with Crippen LogP contribution in [0.4, 0.5) is 0 Å². The number of esters is 1. The quantitative estimate of drug-likeness (QED) is 0.501. The van der Waals surface area contributed by atoms with E-state index in [0.29, 0.717) is 15.8 Å². The van der Waals surface area contributed by atoms with Crippen molar-refractivity contribution in [2.24, 2.45) is 0 Å². The number of carbonyl (C=O) groups is 1. The maximum absolute atomic E-state index is 11.7. The van der Waals surface area contributed by atoms with E-state index in [9.17, 15) is 4.79 Å². The second-order valence-corrected chi connectivity index (χ2v) is 6.08. The SMILES string of the molecule is O=C(COc1ccc(Br)cc1Cl)Oc1ccc(Cl)cc1Cl. The number of halogens is 4. The maximum atomic E-state index is 11.7. The van der Waals surface area contributed by atoms with Crippen molar-refractivity contribution in [3.8, 4) is 11.5 Å². The molecule has 0 spiro atoms. The lowest BCUT2D eigenvalue weighted by molar-refractivity contribution is -0.136. The first-order chi connectivity index (χ1) is 9.95. The van der Waals surface area contributed by atoms with Gasteiger partial charge in [-0.25, -0.2) is 4.79 Å². The normalized spacial score (nSPS) is 10.3.